The zero-order chi connectivity index (χ0) is 15.6. The third-order valence-corrected chi connectivity index (χ3v) is 5.30. The number of sulfonamides is 1. The SMILES string of the molecule is CCS(=O)(=O)NC1CCN(C(=O)c2c(C)n[nH]c2C)CC1. The number of piperidine rings is 1. The molecule has 118 valence electrons. The van der Waals surface area contributed by atoms with Crippen LogP contribution in [-0.4, -0.2) is 54.3 Å². The molecule has 1 aromatic heterocycles. The van der Waals surface area contributed by atoms with Gasteiger partial charge in [-0.25, -0.2) is 13.1 Å². The van der Waals surface area contributed by atoms with Gasteiger partial charge >= 0.3 is 0 Å². The van der Waals surface area contributed by atoms with E-state index in [2.05, 4.69) is 14.9 Å². The van der Waals surface area contributed by atoms with Gasteiger partial charge in [0.25, 0.3) is 5.91 Å². The molecule has 0 radical (unpaired) electrons. The summed E-state index contributed by atoms with van der Waals surface area (Å²) in [5, 5.41) is 6.86. The summed E-state index contributed by atoms with van der Waals surface area (Å²) in [4.78, 5) is 14.2. The van der Waals surface area contributed by atoms with Crippen molar-refractivity contribution in [3.63, 3.8) is 0 Å². The predicted molar refractivity (Wildman–Crippen MR) is 79.6 cm³/mol. The van der Waals surface area contributed by atoms with Gasteiger partial charge in [0.2, 0.25) is 10.0 Å². The van der Waals surface area contributed by atoms with Crippen LogP contribution < -0.4 is 4.72 Å². The van der Waals surface area contributed by atoms with Crippen LogP contribution in [-0.2, 0) is 10.0 Å². The fourth-order valence-electron chi connectivity index (χ4n) is 2.56. The zero-order valence-corrected chi connectivity index (χ0v) is 13.5. The Balaban J connectivity index is 1.97. The van der Waals surface area contributed by atoms with Crippen LogP contribution in [0, 0.1) is 13.8 Å². The topological polar surface area (TPSA) is 95.2 Å². The van der Waals surface area contributed by atoms with Crippen molar-refractivity contribution in [3.05, 3.63) is 17.0 Å². The molecule has 2 N–H and O–H groups in total. The lowest BCUT2D eigenvalue weighted by Crippen LogP contribution is -2.47. The van der Waals surface area contributed by atoms with Crippen molar-refractivity contribution in [1.82, 2.24) is 19.8 Å². The van der Waals surface area contributed by atoms with Crippen molar-refractivity contribution in [2.45, 2.75) is 39.7 Å². The van der Waals surface area contributed by atoms with Gasteiger partial charge in [0.05, 0.1) is 17.0 Å². The molecule has 0 atom stereocenters. The highest BCUT2D eigenvalue weighted by Crippen LogP contribution is 2.17. The van der Waals surface area contributed by atoms with E-state index in [-0.39, 0.29) is 17.7 Å². The monoisotopic (exact) mass is 314 g/mol. The van der Waals surface area contributed by atoms with Crippen LogP contribution in [0.3, 0.4) is 0 Å². The second-order valence-corrected chi connectivity index (χ2v) is 7.44. The van der Waals surface area contributed by atoms with Crippen molar-refractivity contribution in [2.24, 2.45) is 0 Å². The van der Waals surface area contributed by atoms with Gasteiger partial charge in [0.1, 0.15) is 0 Å². The largest absolute Gasteiger partial charge is 0.338 e. The maximum absolute atomic E-state index is 12.5. The minimum absolute atomic E-state index is 0.0319. The molecule has 7 nitrogen and oxygen atoms in total. The zero-order valence-electron chi connectivity index (χ0n) is 12.6. The number of aromatic amines is 1. The second kappa shape index (κ2) is 6.15. The van der Waals surface area contributed by atoms with Crippen LogP contribution in [0.5, 0.6) is 0 Å². The number of carbonyl (C=O) groups is 1. The number of carbonyl (C=O) groups excluding carboxylic acids is 1. The molecule has 0 bridgehead atoms. The standard InChI is InChI=1S/C13H22N4O3S/c1-4-21(19,20)16-11-5-7-17(8-6-11)13(18)12-9(2)14-15-10(12)3/h11,16H,4-8H2,1-3H3,(H,14,15). The smallest absolute Gasteiger partial charge is 0.257 e. The quantitative estimate of drug-likeness (QED) is 0.849. The summed E-state index contributed by atoms with van der Waals surface area (Å²) in [5.74, 6) is 0.0510. The molecule has 1 aliphatic heterocycles. The average molecular weight is 314 g/mol. The highest BCUT2D eigenvalue weighted by Gasteiger charge is 2.28. The Hall–Kier alpha value is -1.41. The first-order chi connectivity index (χ1) is 9.84. The van der Waals surface area contributed by atoms with Gasteiger partial charge in [-0.1, -0.05) is 0 Å². The Kier molecular flexibility index (Phi) is 4.67. The number of likely N-dealkylation sites (tertiary alicyclic amines) is 1. The van der Waals surface area contributed by atoms with E-state index in [1.54, 1.807) is 18.7 Å². The molecule has 8 heteroatoms. The number of rotatable bonds is 4. The fraction of sp³-hybridized carbons (Fsp3) is 0.692. The molecule has 0 saturated carbocycles. The summed E-state index contributed by atoms with van der Waals surface area (Å²) in [6.07, 6.45) is 1.28. The number of hydrogen-bond donors (Lipinski definition) is 2. The first-order valence-electron chi connectivity index (χ1n) is 7.15. The average Bonchev–Trinajstić information content (AvgIpc) is 2.78. The van der Waals surface area contributed by atoms with E-state index in [0.29, 0.717) is 37.2 Å². The Morgan fingerprint density at radius 2 is 2.00 bits per heavy atom. The maximum Gasteiger partial charge on any atom is 0.257 e. The van der Waals surface area contributed by atoms with Gasteiger partial charge < -0.3 is 4.90 Å². The van der Waals surface area contributed by atoms with E-state index in [0.717, 1.165) is 5.69 Å². The van der Waals surface area contributed by atoms with Gasteiger partial charge in [0.15, 0.2) is 0 Å². The molecule has 1 aliphatic rings. The van der Waals surface area contributed by atoms with E-state index in [4.69, 9.17) is 0 Å². The van der Waals surface area contributed by atoms with Gasteiger partial charge in [-0.05, 0) is 33.6 Å². The number of aryl methyl sites for hydroxylation is 2. The molecule has 2 heterocycles. The van der Waals surface area contributed by atoms with Crippen LogP contribution in [0.1, 0.15) is 41.5 Å². The predicted octanol–water partition coefficient (Wildman–Crippen LogP) is 0.570. The molecule has 0 aliphatic carbocycles. The molecule has 1 fully saturated rings. The minimum atomic E-state index is -3.18. The third kappa shape index (κ3) is 3.62. The summed E-state index contributed by atoms with van der Waals surface area (Å²) in [6.45, 7) is 6.36. The van der Waals surface area contributed by atoms with Crippen LogP contribution in [0.2, 0.25) is 0 Å². The first-order valence-corrected chi connectivity index (χ1v) is 8.80. The number of hydrogen-bond acceptors (Lipinski definition) is 4. The number of H-pyrrole nitrogens is 1. The van der Waals surface area contributed by atoms with Crippen LogP contribution in [0.4, 0.5) is 0 Å². The van der Waals surface area contributed by atoms with Gasteiger partial charge in [0, 0.05) is 24.8 Å². The van der Waals surface area contributed by atoms with Gasteiger partial charge in [-0.3, -0.25) is 9.89 Å². The molecule has 2 rings (SSSR count). The second-order valence-electron chi connectivity index (χ2n) is 5.40. The maximum atomic E-state index is 12.5. The molecule has 0 spiro atoms. The molecule has 0 aromatic carbocycles. The lowest BCUT2D eigenvalue weighted by atomic mass is 10.0. The lowest BCUT2D eigenvalue weighted by Gasteiger charge is -2.32. The molecule has 1 aromatic rings. The number of aromatic nitrogens is 2. The summed E-state index contributed by atoms with van der Waals surface area (Å²) in [6, 6.07) is -0.0782. The molecular weight excluding hydrogens is 292 g/mol. The normalized spacial score (nSPS) is 17.2. The Labute approximate surface area is 125 Å². The minimum Gasteiger partial charge on any atom is -0.338 e. The molecular formula is C13H22N4O3S. The van der Waals surface area contributed by atoms with Crippen molar-refractivity contribution in [3.8, 4) is 0 Å². The van der Waals surface area contributed by atoms with Crippen LogP contribution in [0.25, 0.3) is 0 Å². The molecule has 0 unspecified atom stereocenters. The van der Waals surface area contributed by atoms with Crippen molar-refractivity contribution < 1.29 is 13.2 Å². The van der Waals surface area contributed by atoms with Crippen molar-refractivity contribution in [1.29, 1.82) is 0 Å². The summed E-state index contributed by atoms with van der Waals surface area (Å²) in [5.41, 5.74) is 2.10. The highest BCUT2D eigenvalue weighted by atomic mass is 32.2. The molecule has 1 saturated heterocycles. The van der Waals surface area contributed by atoms with Crippen molar-refractivity contribution in [2.75, 3.05) is 18.8 Å². The Morgan fingerprint density at radius 3 is 2.48 bits per heavy atom. The van der Waals surface area contributed by atoms with E-state index >= 15 is 0 Å². The van der Waals surface area contributed by atoms with E-state index < -0.39 is 10.0 Å². The van der Waals surface area contributed by atoms with Gasteiger partial charge in [-0.15, -0.1) is 0 Å². The molecule has 1 amide bonds. The van der Waals surface area contributed by atoms with Gasteiger partial charge in [-0.2, -0.15) is 5.10 Å². The van der Waals surface area contributed by atoms with Crippen LogP contribution >= 0.6 is 0 Å². The van der Waals surface area contributed by atoms with Crippen molar-refractivity contribution >= 4 is 15.9 Å². The Bertz CT molecular complexity index is 596. The summed E-state index contributed by atoms with van der Waals surface area (Å²) in [7, 11) is -3.18. The number of amides is 1. The molecule has 21 heavy (non-hydrogen) atoms. The summed E-state index contributed by atoms with van der Waals surface area (Å²) < 4.78 is 25.8. The Morgan fingerprint density at radius 1 is 1.38 bits per heavy atom. The lowest BCUT2D eigenvalue weighted by molar-refractivity contribution is 0.0710. The first kappa shape index (κ1) is 16.0. The fourth-order valence-corrected chi connectivity index (χ4v) is 3.47. The van der Waals surface area contributed by atoms with E-state index in [1.807, 2.05) is 6.92 Å². The van der Waals surface area contributed by atoms with E-state index in [1.165, 1.54) is 0 Å². The van der Waals surface area contributed by atoms with Crippen LogP contribution in [0.15, 0.2) is 0 Å². The third-order valence-electron chi connectivity index (χ3n) is 3.85. The summed E-state index contributed by atoms with van der Waals surface area (Å²) >= 11 is 0. The van der Waals surface area contributed by atoms with E-state index in [9.17, 15) is 13.2 Å². The highest BCUT2D eigenvalue weighted by molar-refractivity contribution is 7.89. The number of nitrogens with zero attached hydrogens (tertiary/aromatic N) is 2. The number of nitrogens with one attached hydrogen (secondary N) is 2.